The third-order valence-corrected chi connectivity index (χ3v) is 2.47. The van der Waals surface area contributed by atoms with Crippen LogP contribution in [0, 0.1) is 5.41 Å². The Hall–Kier alpha value is -1.79. The van der Waals surface area contributed by atoms with E-state index in [-0.39, 0.29) is 54.5 Å². The van der Waals surface area contributed by atoms with Crippen LogP contribution < -0.4 is 0 Å². The van der Waals surface area contributed by atoms with E-state index in [1.165, 1.54) is 26.2 Å². The van der Waals surface area contributed by atoms with Gasteiger partial charge in [0.05, 0.1) is 31.8 Å². The third kappa shape index (κ3) is 72.5. The summed E-state index contributed by atoms with van der Waals surface area (Å²) in [6, 6.07) is 0. The van der Waals surface area contributed by atoms with Gasteiger partial charge < -0.3 is 18.9 Å². The van der Waals surface area contributed by atoms with Crippen LogP contribution in [0.25, 0.3) is 0 Å². The molecular formula is C26H64O7. The summed E-state index contributed by atoms with van der Waals surface area (Å²) in [4.78, 5) is 30.9. The summed E-state index contributed by atoms with van der Waals surface area (Å²) in [7, 11) is 0. The molecule has 0 heterocycles. The molecule has 0 aromatic carbocycles. The lowest BCUT2D eigenvalue weighted by molar-refractivity contribution is -0.152. The number of hydrogen-bond acceptors (Lipinski definition) is 7. The molecule has 0 amide bonds. The molecule has 0 aliphatic heterocycles. The average Bonchev–Trinajstić information content (AvgIpc) is 2.57. The molecule has 0 aromatic heterocycles. The first kappa shape index (κ1) is 57.7. The molecule has 0 saturated heterocycles. The summed E-state index contributed by atoms with van der Waals surface area (Å²) >= 11 is 0. The average molecular weight is 489 g/mol. The van der Waals surface area contributed by atoms with Gasteiger partial charge in [-0.15, -0.1) is 0 Å². The Labute approximate surface area is 209 Å². The van der Waals surface area contributed by atoms with E-state index in [9.17, 15) is 14.4 Å². The lowest BCUT2D eigenvalue weighted by atomic mass is 9.97. The van der Waals surface area contributed by atoms with Crippen LogP contribution in [-0.4, -0.2) is 44.5 Å². The van der Waals surface area contributed by atoms with Gasteiger partial charge in [-0.25, -0.2) is 4.79 Å². The van der Waals surface area contributed by atoms with Gasteiger partial charge in [0, 0.05) is 6.92 Å². The standard InChI is InChI=1S/C7H14O2.C5H10O3.C5H12.C4H8O2.5CH4/c1-5-9-6(8)7(2,3)4;1-3-7-5(6)8-4-2;1-3-5-4-2;1-3-6-4(2)5;;;;;/h5H2,1-4H3;3-4H2,1-2H3;3-5H2,1-2H3;3H2,1-2H3;5*1H4. The quantitative estimate of drug-likeness (QED) is 0.273. The van der Waals surface area contributed by atoms with Crippen molar-refractivity contribution in [2.24, 2.45) is 5.41 Å². The Morgan fingerprint density at radius 2 is 0.879 bits per heavy atom. The highest BCUT2D eigenvalue weighted by atomic mass is 16.7. The Kier molecular flexibility index (Phi) is 76.9. The first-order valence-corrected chi connectivity index (χ1v) is 10.1. The number of ether oxygens (including phenoxy) is 4. The molecule has 0 saturated carbocycles. The fraction of sp³-hybridized carbons (Fsp3) is 0.885. The minimum atomic E-state index is -0.588. The smallest absolute Gasteiger partial charge is 0.466 e. The zero-order chi connectivity index (χ0) is 23.0. The van der Waals surface area contributed by atoms with Crippen molar-refractivity contribution in [2.75, 3.05) is 26.4 Å². The summed E-state index contributed by atoms with van der Waals surface area (Å²) in [5, 5.41) is 0. The van der Waals surface area contributed by atoms with E-state index in [4.69, 9.17) is 4.74 Å². The minimum absolute atomic E-state index is 0. The molecule has 0 rings (SSSR count). The summed E-state index contributed by atoms with van der Waals surface area (Å²) < 4.78 is 18.0. The first-order valence-electron chi connectivity index (χ1n) is 10.1. The fourth-order valence-corrected chi connectivity index (χ4v) is 1.18. The summed E-state index contributed by atoms with van der Waals surface area (Å²) in [6.07, 6.45) is 3.49. The predicted molar refractivity (Wildman–Crippen MR) is 146 cm³/mol. The van der Waals surface area contributed by atoms with E-state index in [2.05, 4.69) is 28.1 Å². The van der Waals surface area contributed by atoms with Gasteiger partial charge in [0.25, 0.3) is 0 Å². The largest absolute Gasteiger partial charge is 0.508 e. The highest BCUT2D eigenvalue weighted by Gasteiger charge is 2.21. The highest BCUT2D eigenvalue weighted by Crippen LogP contribution is 2.14. The molecule has 0 radical (unpaired) electrons. The molecule has 0 atom stereocenters. The van der Waals surface area contributed by atoms with E-state index >= 15 is 0 Å². The van der Waals surface area contributed by atoms with Crippen LogP contribution in [0.4, 0.5) is 4.79 Å². The van der Waals surface area contributed by atoms with Crippen molar-refractivity contribution >= 4 is 18.1 Å². The van der Waals surface area contributed by atoms with Gasteiger partial charge in [-0.2, -0.15) is 0 Å². The molecule has 210 valence electrons. The molecule has 0 aromatic rings. The number of unbranched alkanes of at least 4 members (excludes halogenated alkanes) is 2. The molecule has 0 N–H and O–H groups in total. The van der Waals surface area contributed by atoms with Crippen LogP contribution in [0.15, 0.2) is 0 Å². The summed E-state index contributed by atoms with van der Waals surface area (Å²) in [5.41, 5.74) is -0.351. The fourth-order valence-electron chi connectivity index (χ4n) is 1.18. The van der Waals surface area contributed by atoms with Crippen LogP contribution in [0.1, 0.15) is 126 Å². The van der Waals surface area contributed by atoms with Gasteiger partial charge in [0.1, 0.15) is 0 Å². The van der Waals surface area contributed by atoms with E-state index < -0.39 is 6.16 Å². The third-order valence-electron chi connectivity index (χ3n) is 2.47. The van der Waals surface area contributed by atoms with E-state index in [1.54, 1.807) is 20.8 Å². The maximum absolute atomic E-state index is 10.8. The van der Waals surface area contributed by atoms with Gasteiger partial charge in [-0.3, -0.25) is 9.59 Å². The Morgan fingerprint density at radius 1 is 0.576 bits per heavy atom. The zero-order valence-corrected chi connectivity index (χ0v) is 19.8. The van der Waals surface area contributed by atoms with Crippen LogP contribution in [-0.2, 0) is 28.5 Å². The minimum Gasteiger partial charge on any atom is -0.466 e. The van der Waals surface area contributed by atoms with Crippen molar-refractivity contribution in [1.82, 2.24) is 0 Å². The van der Waals surface area contributed by atoms with Gasteiger partial charge in [0.15, 0.2) is 0 Å². The van der Waals surface area contributed by atoms with E-state index in [1.807, 2.05) is 27.7 Å². The molecule has 0 fully saturated rings. The number of carbonyl (C=O) groups is 3. The molecule has 0 unspecified atom stereocenters. The number of carbonyl (C=O) groups excluding carboxylic acids is 3. The predicted octanol–water partition coefficient (Wildman–Crippen LogP) is 8.72. The highest BCUT2D eigenvalue weighted by molar-refractivity contribution is 5.75. The Balaban J connectivity index is -0.0000000323. The second-order valence-corrected chi connectivity index (χ2v) is 6.36. The number of hydrogen-bond donors (Lipinski definition) is 0. The van der Waals surface area contributed by atoms with Crippen molar-refractivity contribution in [3.63, 3.8) is 0 Å². The van der Waals surface area contributed by atoms with Crippen molar-refractivity contribution in [3.8, 4) is 0 Å². The summed E-state index contributed by atoms with van der Waals surface area (Å²) in [5.74, 6) is -0.345. The molecular weight excluding hydrogens is 424 g/mol. The van der Waals surface area contributed by atoms with Gasteiger partial charge >= 0.3 is 18.1 Å². The monoisotopic (exact) mass is 488 g/mol. The van der Waals surface area contributed by atoms with Crippen LogP contribution in [0.3, 0.4) is 0 Å². The molecule has 7 nitrogen and oxygen atoms in total. The zero-order valence-electron chi connectivity index (χ0n) is 19.8. The van der Waals surface area contributed by atoms with Gasteiger partial charge in [0.2, 0.25) is 0 Å². The normalized spacial score (nSPS) is 7.70. The molecule has 0 aliphatic carbocycles. The van der Waals surface area contributed by atoms with Crippen molar-refractivity contribution < 1.29 is 33.3 Å². The van der Waals surface area contributed by atoms with Crippen LogP contribution in [0.5, 0.6) is 0 Å². The second kappa shape index (κ2) is 44.0. The molecule has 33 heavy (non-hydrogen) atoms. The maximum atomic E-state index is 10.8. The maximum Gasteiger partial charge on any atom is 0.508 e. The lowest BCUT2D eigenvalue weighted by Crippen LogP contribution is -2.22. The Bertz CT molecular complexity index is 352. The Morgan fingerprint density at radius 3 is 0.970 bits per heavy atom. The SMILES string of the molecule is C.C.C.C.C.CCCCC.CCOC(=O)C(C)(C)C.CCOC(=O)OCC.CCOC(C)=O. The van der Waals surface area contributed by atoms with E-state index in [0.29, 0.717) is 26.4 Å². The van der Waals surface area contributed by atoms with Gasteiger partial charge in [-0.1, -0.05) is 70.2 Å². The van der Waals surface area contributed by atoms with Crippen molar-refractivity contribution in [2.45, 2.75) is 126 Å². The van der Waals surface area contributed by atoms with E-state index in [0.717, 1.165) is 0 Å². The number of esters is 2. The molecule has 0 aliphatic rings. The lowest BCUT2D eigenvalue weighted by Gasteiger charge is -2.14. The topological polar surface area (TPSA) is 88.1 Å². The van der Waals surface area contributed by atoms with Crippen LogP contribution >= 0.6 is 0 Å². The van der Waals surface area contributed by atoms with Crippen molar-refractivity contribution in [1.29, 1.82) is 0 Å². The van der Waals surface area contributed by atoms with Crippen molar-refractivity contribution in [3.05, 3.63) is 0 Å². The molecule has 0 spiro atoms. The van der Waals surface area contributed by atoms with Gasteiger partial charge in [-0.05, 0) is 48.5 Å². The molecule has 7 heteroatoms. The summed E-state index contributed by atoms with van der Waals surface area (Å²) in [6.45, 7) is 20.1. The van der Waals surface area contributed by atoms with Crippen LogP contribution in [0.2, 0.25) is 0 Å². The first-order chi connectivity index (χ1) is 13.0. The molecule has 0 bridgehead atoms. The number of rotatable bonds is 6. The second-order valence-electron chi connectivity index (χ2n) is 6.36.